The van der Waals surface area contributed by atoms with Crippen LogP contribution in [0.3, 0.4) is 0 Å². The van der Waals surface area contributed by atoms with Crippen molar-refractivity contribution in [2.24, 2.45) is 11.8 Å². The number of rotatable bonds is 7. The van der Waals surface area contributed by atoms with E-state index in [4.69, 9.17) is 0 Å². The predicted molar refractivity (Wildman–Crippen MR) is 75.1 cm³/mol. The molecule has 2 atom stereocenters. The molecule has 1 fully saturated rings. The van der Waals surface area contributed by atoms with Gasteiger partial charge in [-0.05, 0) is 37.5 Å². The lowest BCUT2D eigenvalue weighted by Gasteiger charge is -2.37. The van der Waals surface area contributed by atoms with Crippen LogP contribution in [-0.2, 0) is 0 Å². The maximum absolute atomic E-state index is 10.7. The average Bonchev–Trinajstić information content (AvgIpc) is 2.23. The van der Waals surface area contributed by atoms with Gasteiger partial charge in [-0.2, -0.15) is 0 Å². The Bertz CT molecular complexity index is 200. The monoisotopic (exact) mass is 240 g/mol. The molecule has 1 heteroatoms. The highest BCUT2D eigenvalue weighted by Gasteiger charge is 2.33. The molecular formula is C16H32O. The lowest BCUT2D eigenvalue weighted by Crippen LogP contribution is -2.35. The van der Waals surface area contributed by atoms with Gasteiger partial charge in [0.05, 0.1) is 5.60 Å². The molecule has 0 saturated heterocycles. The molecule has 0 aromatic rings. The Morgan fingerprint density at radius 3 is 2.65 bits per heavy atom. The summed E-state index contributed by atoms with van der Waals surface area (Å²) in [7, 11) is 0. The number of aliphatic hydroxyl groups is 1. The normalized spacial score (nSPS) is 29.8. The first-order chi connectivity index (χ1) is 8.06. The molecule has 102 valence electrons. The first-order valence-corrected chi connectivity index (χ1v) is 7.78. The van der Waals surface area contributed by atoms with Crippen molar-refractivity contribution in [3.8, 4) is 0 Å². The predicted octanol–water partition coefficient (Wildman–Crippen LogP) is 4.92. The van der Waals surface area contributed by atoms with E-state index in [2.05, 4.69) is 20.8 Å². The van der Waals surface area contributed by atoms with Crippen molar-refractivity contribution in [3.63, 3.8) is 0 Å². The maximum atomic E-state index is 10.7. The summed E-state index contributed by atoms with van der Waals surface area (Å²) in [4.78, 5) is 0. The van der Waals surface area contributed by atoms with Gasteiger partial charge in [0.2, 0.25) is 0 Å². The van der Waals surface area contributed by atoms with Gasteiger partial charge in [0.15, 0.2) is 0 Å². The van der Waals surface area contributed by atoms with Crippen LogP contribution in [0.1, 0.15) is 85.0 Å². The van der Waals surface area contributed by atoms with Gasteiger partial charge in [0, 0.05) is 0 Å². The van der Waals surface area contributed by atoms with Gasteiger partial charge in [-0.3, -0.25) is 0 Å². The molecule has 1 N–H and O–H groups in total. The molecule has 0 aromatic heterocycles. The molecule has 1 nitrogen and oxygen atoms in total. The van der Waals surface area contributed by atoms with Crippen molar-refractivity contribution in [1.29, 1.82) is 0 Å². The van der Waals surface area contributed by atoms with E-state index in [-0.39, 0.29) is 5.60 Å². The minimum absolute atomic E-state index is 0.314. The van der Waals surface area contributed by atoms with Crippen molar-refractivity contribution in [1.82, 2.24) is 0 Å². The summed E-state index contributed by atoms with van der Waals surface area (Å²) < 4.78 is 0. The number of unbranched alkanes of at least 4 members (excludes halogenated alkanes) is 3. The highest BCUT2D eigenvalue weighted by atomic mass is 16.3. The Hall–Kier alpha value is -0.0400. The van der Waals surface area contributed by atoms with Crippen molar-refractivity contribution < 1.29 is 5.11 Å². The van der Waals surface area contributed by atoms with Crippen molar-refractivity contribution in [2.75, 3.05) is 0 Å². The minimum Gasteiger partial charge on any atom is -0.390 e. The third-order valence-electron chi connectivity index (χ3n) is 4.22. The van der Waals surface area contributed by atoms with Crippen LogP contribution in [0.2, 0.25) is 0 Å². The van der Waals surface area contributed by atoms with E-state index in [0.29, 0.717) is 0 Å². The lowest BCUT2D eigenvalue weighted by atomic mass is 9.73. The van der Waals surface area contributed by atoms with Crippen LogP contribution in [0.5, 0.6) is 0 Å². The van der Waals surface area contributed by atoms with E-state index in [1.54, 1.807) is 0 Å². The third kappa shape index (κ3) is 5.90. The van der Waals surface area contributed by atoms with E-state index in [1.165, 1.54) is 44.9 Å². The summed E-state index contributed by atoms with van der Waals surface area (Å²) in [6.45, 7) is 6.85. The Morgan fingerprint density at radius 1 is 1.24 bits per heavy atom. The molecule has 2 unspecified atom stereocenters. The van der Waals surface area contributed by atoms with Gasteiger partial charge in [-0.25, -0.2) is 0 Å². The van der Waals surface area contributed by atoms with Gasteiger partial charge >= 0.3 is 0 Å². The fourth-order valence-corrected chi connectivity index (χ4v) is 3.44. The van der Waals surface area contributed by atoms with Gasteiger partial charge in [-0.15, -0.1) is 0 Å². The second kappa shape index (κ2) is 7.41. The Morgan fingerprint density at radius 2 is 2.00 bits per heavy atom. The van der Waals surface area contributed by atoms with Crippen LogP contribution >= 0.6 is 0 Å². The maximum Gasteiger partial charge on any atom is 0.0650 e. The second-order valence-electron chi connectivity index (χ2n) is 6.63. The molecule has 0 aromatic carbocycles. The molecule has 17 heavy (non-hydrogen) atoms. The summed E-state index contributed by atoms with van der Waals surface area (Å²) in [6.07, 6.45) is 12.2. The summed E-state index contributed by atoms with van der Waals surface area (Å²) in [5.74, 6) is 1.56. The Labute approximate surface area is 108 Å². The van der Waals surface area contributed by atoms with Crippen LogP contribution in [-0.4, -0.2) is 10.7 Å². The lowest BCUT2D eigenvalue weighted by molar-refractivity contribution is -0.0281. The second-order valence-corrected chi connectivity index (χ2v) is 6.63. The zero-order chi connectivity index (χ0) is 12.7. The first kappa shape index (κ1) is 15.0. The van der Waals surface area contributed by atoms with E-state index < -0.39 is 0 Å². The molecule has 0 radical (unpaired) electrons. The molecule has 1 aliphatic rings. The van der Waals surface area contributed by atoms with Crippen LogP contribution in [0.25, 0.3) is 0 Å². The summed E-state index contributed by atoms with van der Waals surface area (Å²) in [5.41, 5.74) is -0.314. The third-order valence-corrected chi connectivity index (χ3v) is 4.22. The Kier molecular flexibility index (Phi) is 6.54. The molecule has 1 rings (SSSR count). The van der Waals surface area contributed by atoms with Gasteiger partial charge < -0.3 is 5.11 Å². The molecular weight excluding hydrogens is 208 g/mol. The molecule has 0 heterocycles. The molecule has 0 spiro atoms. The quantitative estimate of drug-likeness (QED) is 0.626. The van der Waals surface area contributed by atoms with E-state index in [0.717, 1.165) is 31.1 Å². The Balaban J connectivity index is 2.29. The topological polar surface area (TPSA) is 20.2 Å². The zero-order valence-corrected chi connectivity index (χ0v) is 12.2. The fraction of sp³-hybridized carbons (Fsp3) is 1.00. The van der Waals surface area contributed by atoms with Crippen LogP contribution in [0.4, 0.5) is 0 Å². The van der Waals surface area contributed by atoms with Crippen LogP contribution in [0.15, 0.2) is 0 Å². The van der Waals surface area contributed by atoms with Crippen LogP contribution < -0.4 is 0 Å². The molecule has 1 aliphatic carbocycles. The molecule has 0 aliphatic heterocycles. The fourth-order valence-electron chi connectivity index (χ4n) is 3.44. The standard InChI is InChI=1S/C16H32O/c1-4-5-6-7-10-16(17)11-8-9-15(13-16)12-14(2)3/h14-15,17H,4-13H2,1-3H3. The summed E-state index contributed by atoms with van der Waals surface area (Å²) in [5, 5.41) is 10.7. The van der Waals surface area contributed by atoms with Crippen molar-refractivity contribution >= 4 is 0 Å². The van der Waals surface area contributed by atoms with Gasteiger partial charge in [-0.1, -0.05) is 59.3 Å². The molecule has 0 amide bonds. The van der Waals surface area contributed by atoms with Crippen molar-refractivity contribution in [3.05, 3.63) is 0 Å². The highest BCUT2D eigenvalue weighted by molar-refractivity contribution is 4.86. The molecule has 1 saturated carbocycles. The van der Waals surface area contributed by atoms with Crippen molar-refractivity contribution in [2.45, 2.75) is 90.6 Å². The van der Waals surface area contributed by atoms with Gasteiger partial charge in [0.1, 0.15) is 0 Å². The van der Waals surface area contributed by atoms with E-state index in [9.17, 15) is 5.11 Å². The largest absolute Gasteiger partial charge is 0.390 e. The summed E-state index contributed by atoms with van der Waals surface area (Å²) in [6, 6.07) is 0. The SMILES string of the molecule is CCCCCCC1(O)CCCC(CC(C)C)C1. The van der Waals surface area contributed by atoms with E-state index >= 15 is 0 Å². The van der Waals surface area contributed by atoms with Gasteiger partial charge in [0.25, 0.3) is 0 Å². The summed E-state index contributed by atoms with van der Waals surface area (Å²) >= 11 is 0. The minimum atomic E-state index is -0.314. The zero-order valence-electron chi connectivity index (χ0n) is 12.2. The highest BCUT2D eigenvalue weighted by Crippen LogP contribution is 2.38. The van der Waals surface area contributed by atoms with Crippen LogP contribution in [0, 0.1) is 11.8 Å². The number of hydrogen-bond donors (Lipinski definition) is 1. The number of hydrogen-bond acceptors (Lipinski definition) is 1. The first-order valence-electron chi connectivity index (χ1n) is 7.78. The molecule has 0 bridgehead atoms. The van der Waals surface area contributed by atoms with E-state index in [1.807, 2.05) is 0 Å². The smallest absolute Gasteiger partial charge is 0.0650 e. The average molecular weight is 240 g/mol.